The lowest BCUT2D eigenvalue weighted by molar-refractivity contribution is 0.228. The van der Waals surface area contributed by atoms with E-state index in [9.17, 15) is 0 Å². The largest absolute Gasteiger partial charge is 0.494 e. The van der Waals surface area contributed by atoms with Gasteiger partial charge in [0.05, 0.1) is 6.61 Å². The zero-order chi connectivity index (χ0) is 21.7. The van der Waals surface area contributed by atoms with Crippen molar-refractivity contribution in [3.63, 3.8) is 0 Å². The van der Waals surface area contributed by atoms with Gasteiger partial charge in [0, 0.05) is 0 Å². The number of unbranched alkanes of at least 4 members (excludes halogenated alkanes) is 2. The highest BCUT2D eigenvalue weighted by atomic mass is 16.5. The normalized spacial score (nSPS) is 26.6. The highest BCUT2D eigenvalue weighted by molar-refractivity contribution is 5.27. The van der Waals surface area contributed by atoms with Crippen LogP contribution in [-0.2, 0) is 6.42 Å². The van der Waals surface area contributed by atoms with Gasteiger partial charge >= 0.3 is 0 Å². The predicted octanol–water partition coefficient (Wildman–Crippen LogP) is 9.38. The molecule has 0 atom stereocenters. The summed E-state index contributed by atoms with van der Waals surface area (Å²) in [7, 11) is 0. The van der Waals surface area contributed by atoms with Crippen molar-refractivity contribution in [1.82, 2.24) is 0 Å². The molecule has 2 aliphatic rings. The number of hydrogen-bond donors (Lipinski definition) is 0. The van der Waals surface area contributed by atoms with Gasteiger partial charge in [0.15, 0.2) is 0 Å². The molecule has 0 aliphatic heterocycles. The van der Waals surface area contributed by atoms with E-state index in [1.165, 1.54) is 115 Å². The number of hydrogen-bond acceptors (Lipinski definition) is 1. The maximum atomic E-state index is 6.06. The van der Waals surface area contributed by atoms with Crippen LogP contribution in [0.2, 0.25) is 0 Å². The summed E-state index contributed by atoms with van der Waals surface area (Å²) in [4.78, 5) is 0. The molecule has 31 heavy (non-hydrogen) atoms. The monoisotopic (exact) mass is 426 g/mol. The van der Waals surface area contributed by atoms with E-state index in [4.69, 9.17) is 4.74 Å². The standard InChI is InChI=1S/C30H50O/c1-3-5-6-8-26-14-16-27(17-15-26)9-7-24-31-30-22-20-29(21-23-30)19-18-28-12-10-25(4-2)11-13-28/h20-23,25-28H,3-19,24H2,1-2H3/t25-,26-,27-,28-. The number of ether oxygens (including phenoxy) is 1. The van der Waals surface area contributed by atoms with Crippen LogP contribution >= 0.6 is 0 Å². The van der Waals surface area contributed by atoms with Crippen molar-refractivity contribution in [2.45, 2.75) is 123 Å². The first kappa shape index (κ1) is 24.7. The molecule has 0 amide bonds. The van der Waals surface area contributed by atoms with Crippen LogP contribution in [0.4, 0.5) is 0 Å². The second kappa shape index (κ2) is 14.2. The maximum absolute atomic E-state index is 6.06. The van der Waals surface area contributed by atoms with Crippen LogP contribution in [0.1, 0.15) is 122 Å². The summed E-state index contributed by atoms with van der Waals surface area (Å²) < 4.78 is 6.06. The van der Waals surface area contributed by atoms with Gasteiger partial charge in [0.25, 0.3) is 0 Å². The molecule has 3 rings (SSSR count). The van der Waals surface area contributed by atoms with E-state index >= 15 is 0 Å². The van der Waals surface area contributed by atoms with Gasteiger partial charge in [-0.15, -0.1) is 0 Å². The lowest BCUT2D eigenvalue weighted by atomic mass is 9.78. The molecule has 2 aliphatic carbocycles. The Morgan fingerprint density at radius 3 is 1.77 bits per heavy atom. The van der Waals surface area contributed by atoms with E-state index in [1.54, 1.807) is 0 Å². The molecule has 0 unspecified atom stereocenters. The molecule has 1 heteroatoms. The van der Waals surface area contributed by atoms with Crippen LogP contribution < -0.4 is 4.74 Å². The Kier molecular flexibility index (Phi) is 11.3. The minimum Gasteiger partial charge on any atom is -0.494 e. The Hall–Kier alpha value is -0.980. The van der Waals surface area contributed by atoms with Gasteiger partial charge in [0.1, 0.15) is 5.75 Å². The molecule has 176 valence electrons. The van der Waals surface area contributed by atoms with Crippen molar-refractivity contribution in [3.8, 4) is 5.75 Å². The third-order valence-corrected chi connectivity index (χ3v) is 8.52. The molecule has 1 aromatic rings. The summed E-state index contributed by atoms with van der Waals surface area (Å²) in [5, 5.41) is 0. The molecular formula is C30H50O. The Morgan fingerprint density at radius 1 is 0.645 bits per heavy atom. The first-order valence-electron chi connectivity index (χ1n) is 14.0. The fourth-order valence-corrected chi connectivity index (χ4v) is 6.11. The molecule has 0 saturated heterocycles. The molecule has 0 heterocycles. The minimum absolute atomic E-state index is 0.885. The van der Waals surface area contributed by atoms with E-state index in [-0.39, 0.29) is 0 Å². The van der Waals surface area contributed by atoms with Crippen LogP contribution in [0.3, 0.4) is 0 Å². The summed E-state index contributed by atoms with van der Waals surface area (Å²) in [5.41, 5.74) is 1.49. The molecule has 1 nitrogen and oxygen atoms in total. The minimum atomic E-state index is 0.885. The Balaban J connectivity index is 1.23. The third kappa shape index (κ3) is 9.19. The Morgan fingerprint density at radius 2 is 1.19 bits per heavy atom. The molecule has 0 radical (unpaired) electrons. The highest BCUT2D eigenvalue weighted by Gasteiger charge is 2.21. The van der Waals surface area contributed by atoms with Gasteiger partial charge in [-0.1, -0.05) is 109 Å². The summed E-state index contributed by atoms with van der Waals surface area (Å²) in [5.74, 6) is 5.03. The van der Waals surface area contributed by atoms with Crippen LogP contribution in [0.25, 0.3) is 0 Å². The fourth-order valence-electron chi connectivity index (χ4n) is 6.11. The molecule has 2 fully saturated rings. The Bertz CT molecular complexity index is 561. The zero-order valence-corrected chi connectivity index (χ0v) is 20.8. The van der Waals surface area contributed by atoms with E-state index < -0.39 is 0 Å². The van der Waals surface area contributed by atoms with Gasteiger partial charge in [0.2, 0.25) is 0 Å². The number of rotatable bonds is 13. The quantitative estimate of drug-likeness (QED) is 0.285. The van der Waals surface area contributed by atoms with E-state index in [2.05, 4.69) is 38.1 Å². The first-order valence-corrected chi connectivity index (χ1v) is 14.0. The average molecular weight is 427 g/mol. The average Bonchev–Trinajstić information content (AvgIpc) is 2.82. The van der Waals surface area contributed by atoms with Crippen LogP contribution in [0, 0.1) is 23.7 Å². The van der Waals surface area contributed by atoms with Crippen LogP contribution in [-0.4, -0.2) is 6.61 Å². The van der Waals surface area contributed by atoms with Crippen molar-refractivity contribution in [1.29, 1.82) is 0 Å². The molecule has 0 aromatic heterocycles. The molecule has 0 spiro atoms. The van der Waals surface area contributed by atoms with Crippen molar-refractivity contribution < 1.29 is 4.74 Å². The van der Waals surface area contributed by atoms with E-state index in [0.717, 1.165) is 36.0 Å². The van der Waals surface area contributed by atoms with Crippen molar-refractivity contribution >= 4 is 0 Å². The predicted molar refractivity (Wildman–Crippen MR) is 135 cm³/mol. The van der Waals surface area contributed by atoms with Crippen LogP contribution in [0.15, 0.2) is 24.3 Å². The summed E-state index contributed by atoms with van der Waals surface area (Å²) >= 11 is 0. The zero-order valence-electron chi connectivity index (χ0n) is 20.8. The third-order valence-electron chi connectivity index (χ3n) is 8.52. The van der Waals surface area contributed by atoms with Gasteiger partial charge in [-0.2, -0.15) is 0 Å². The molecular weight excluding hydrogens is 376 g/mol. The van der Waals surface area contributed by atoms with Crippen molar-refractivity contribution in [3.05, 3.63) is 29.8 Å². The summed E-state index contributed by atoms with van der Waals surface area (Å²) in [6.07, 6.45) is 24.0. The lowest BCUT2D eigenvalue weighted by Crippen LogP contribution is -2.15. The number of aryl methyl sites for hydroxylation is 1. The topological polar surface area (TPSA) is 9.23 Å². The second-order valence-electron chi connectivity index (χ2n) is 10.9. The SMILES string of the molecule is CCCCC[C@H]1CC[C@H](CCCOc2ccc(CC[C@H]3CC[C@H](CC)CC3)cc2)CC1. The fraction of sp³-hybridized carbons (Fsp3) is 0.800. The summed E-state index contributed by atoms with van der Waals surface area (Å²) in [6, 6.07) is 9.00. The van der Waals surface area contributed by atoms with Gasteiger partial charge in [-0.3, -0.25) is 0 Å². The first-order chi connectivity index (χ1) is 15.3. The molecule has 0 bridgehead atoms. The molecule has 1 aromatic carbocycles. The molecule has 2 saturated carbocycles. The van der Waals surface area contributed by atoms with Gasteiger partial charge < -0.3 is 4.74 Å². The van der Waals surface area contributed by atoms with Gasteiger partial charge in [-0.25, -0.2) is 0 Å². The van der Waals surface area contributed by atoms with Crippen molar-refractivity contribution in [2.24, 2.45) is 23.7 Å². The summed E-state index contributed by atoms with van der Waals surface area (Å²) in [6.45, 7) is 5.55. The van der Waals surface area contributed by atoms with Gasteiger partial charge in [-0.05, 0) is 67.1 Å². The highest BCUT2D eigenvalue weighted by Crippen LogP contribution is 2.35. The lowest BCUT2D eigenvalue weighted by Gasteiger charge is -2.28. The number of benzene rings is 1. The van der Waals surface area contributed by atoms with Crippen LogP contribution in [0.5, 0.6) is 5.75 Å². The van der Waals surface area contributed by atoms with E-state index in [1.807, 2.05) is 0 Å². The van der Waals surface area contributed by atoms with Crippen molar-refractivity contribution in [2.75, 3.05) is 6.61 Å². The smallest absolute Gasteiger partial charge is 0.119 e. The molecule has 0 N–H and O–H groups in total. The van der Waals surface area contributed by atoms with E-state index in [0.29, 0.717) is 0 Å². The second-order valence-corrected chi connectivity index (χ2v) is 10.9. The Labute approximate surface area is 193 Å². The maximum Gasteiger partial charge on any atom is 0.119 e.